The van der Waals surface area contributed by atoms with Gasteiger partial charge in [0, 0.05) is 35.5 Å². The molecule has 1 aromatic heterocycles. The molecule has 2 aromatic rings. The number of aryl methyl sites for hydroxylation is 1. The zero-order valence-corrected chi connectivity index (χ0v) is 16.7. The fourth-order valence-corrected chi connectivity index (χ4v) is 2.31. The van der Waals surface area contributed by atoms with E-state index in [-0.39, 0.29) is 23.2 Å². The second-order valence-corrected chi connectivity index (χ2v) is 7.56. The van der Waals surface area contributed by atoms with Gasteiger partial charge in [-0.15, -0.1) is 0 Å². The Hall–Kier alpha value is -3.22. The topological polar surface area (TPSA) is 94.5 Å². The number of amides is 1. The second-order valence-electron chi connectivity index (χ2n) is 7.56. The van der Waals surface area contributed by atoms with E-state index < -0.39 is 18.0 Å². The van der Waals surface area contributed by atoms with Crippen molar-refractivity contribution in [3.63, 3.8) is 0 Å². The molecular formula is C21H24N2O5. The van der Waals surface area contributed by atoms with E-state index in [0.717, 1.165) is 0 Å². The Kier molecular flexibility index (Phi) is 6.18. The Morgan fingerprint density at radius 3 is 2.14 bits per heavy atom. The van der Waals surface area contributed by atoms with Crippen LogP contribution in [0.1, 0.15) is 58.9 Å². The molecule has 7 nitrogen and oxygen atoms in total. The molecule has 0 unspecified atom stereocenters. The Morgan fingerprint density at radius 2 is 1.64 bits per heavy atom. The van der Waals surface area contributed by atoms with Gasteiger partial charge in [0.25, 0.3) is 0 Å². The quantitative estimate of drug-likeness (QED) is 0.609. The third-order valence-corrected chi connectivity index (χ3v) is 4.10. The SMILES string of the molecule is CC(=O)c1cc(C(=O)OCC(=O)c2ccc(NC(=O)C(C)(C)C)cc2)n(C)c1. The number of nitrogens with one attached hydrogen (secondary N) is 1. The van der Waals surface area contributed by atoms with E-state index in [2.05, 4.69) is 5.32 Å². The van der Waals surface area contributed by atoms with Crippen LogP contribution in [0.4, 0.5) is 5.69 Å². The summed E-state index contributed by atoms with van der Waals surface area (Å²) in [5.74, 6) is -1.35. The molecule has 0 radical (unpaired) electrons. The van der Waals surface area contributed by atoms with Crippen LogP contribution in [0.5, 0.6) is 0 Å². The number of carbonyl (C=O) groups is 4. The highest BCUT2D eigenvalue weighted by Gasteiger charge is 2.21. The van der Waals surface area contributed by atoms with Gasteiger partial charge in [0.15, 0.2) is 18.2 Å². The van der Waals surface area contributed by atoms with Gasteiger partial charge in [0.05, 0.1) is 0 Å². The number of carbonyl (C=O) groups excluding carboxylic acids is 4. The summed E-state index contributed by atoms with van der Waals surface area (Å²) in [7, 11) is 1.62. The van der Waals surface area contributed by atoms with Gasteiger partial charge in [-0.05, 0) is 37.3 Å². The van der Waals surface area contributed by atoms with E-state index in [4.69, 9.17) is 4.74 Å². The third-order valence-electron chi connectivity index (χ3n) is 4.10. The smallest absolute Gasteiger partial charge is 0.355 e. The van der Waals surface area contributed by atoms with E-state index in [0.29, 0.717) is 16.8 Å². The van der Waals surface area contributed by atoms with Crippen molar-refractivity contribution in [2.24, 2.45) is 12.5 Å². The Balaban J connectivity index is 1.97. The zero-order chi connectivity index (χ0) is 21.1. The molecular weight excluding hydrogens is 360 g/mol. The summed E-state index contributed by atoms with van der Waals surface area (Å²) in [5.41, 5.74) is 1.00. The number of ketones is 2. The molecule has 148 valence electrons. The van der Waals surface area contributed by atoms with Crippen molar-refractivity contribution in [1.82, 2.24) is 4.57 Å². The Labute approximate surface area is 163 Å². The number of benzene rings is 1. The molecule has 7 heteroatoms. The van der Waals surface area contributed by atoms with Crippen LogP contribution >= 0.6 is 0 Å². The number of ether oxygens (including phenoxy) is 1. The van der Waals surface area contributed by atoms with Crippen molar-refractivity contribution in [3.05, 3.63) is 53.3 Å². The van der Waals surface area contributed by atoms with Gasteiger partial charge in [-0.25, -0.2) is 4.79 Å². The van der Waals surface area contributed by atoms with Crippen LogP contribution in [0.25, 0.3) is 0 Å². The molecule has 28 heavy (non-hydrogen) atoms. The van der Waals surface area contributed by atoms with E-state index >= 15 is 0 Å². The molecule has 0 aliphatic rings. The molecule has 0 spiro atoms. The summed E-state index contributed by atoms with van der Waals surface area (Å²) < 4.78 is 6.55. The van der Waals surface area contributed by atoms with Crippen LogP contribution in [0.3, 0.4) is 0 Å². The number of nitrogens with zero attached hydrogens (tertiary/aromatic N) is 1. The molecule has 1 amide bonds. The monoisotopic (exact) mass is 384 g/mol. The van der Waals surface area contributed by atoms with Crippen LogP contribution in [-0.4, -0.2) is 34.6 Å². The minimum atomic E-state index is -0.683. The molecule has 0 bridgehead atoms. The zero-order valence-electron chi connectivity index (χ0n) is 16.7. The number of Topliss-reactive ketones (excluding diaryl/α,β-unsaturated/α-hetero) is 2. The second kappa shape index (κ2) is 8.21. The average Bonchev–Trinajstić information content (AvgIpc) is 3.01. The van der Waals surface area contributed by atoms with Crippen molar-refractivity contribution < 1.29 is 23.9 Å². The van der Waals surface area contributed by atoms with E-state index in [1.807, 2.05) is 0 Å². The van der Waals surface area contributed by atoms with Gasteiger partial charge in [0.1, 0.15) is 5.69 Å². The predicted octanol–water partition coefficient (Wildman–Crippen LogP) is 3.25. The lowest BCUT2D eigenvalue weighted by Gasteiger charge is -2.17. The normalized spacial score (nSPS) is 11.0. The first-order valence-corrected chi connectivity index (χ1v) is 8.78. The fourth-order valence-electron chi connectivity index (χ4n) is 2.31. The first kappa shape index (κ1) is 21.1. The lowest BCUT2D eigenvalue weighted by Crippen LogP contribution is -2.27. The van der Waals surface area contributed by atoms with Crippen molar-refractivity contribution in [3.8, 4) is 0 Å². The lowest BCUT2D eigenvalue weighted by atomic mass is 9.95. The molecule has 0 aliphatic heterocycles. The van der Waals surface area contributed by atoms with E-state index in [1.54, 1.807) is 52.1 Å². The lowest BCUT2D eigenvalue weighted by molar-refractivity contribution is -0.123. The van der Waals surface area contributed by atoms with Crippen LogP contribution in [-0.2, 0) is 16.6 Å². The number of rotatable bonds is 6. The van der Waals surface area contributed by atoms with Crippen molar-refractivity contribution in [2.75, 3.05) is 11.9 Å². The average molecular weight is 384 g/mol. The maximum Gasteiger partial charge on any atom is 0.355 e. The van der Waals surface area contributed by atoms with Gasteiger partial charge in [-0.3, -0.25) is 14.4 Å². The number of esters is 1. The standard InChI is InChI=1S/C21H24N2O5/c1-13(24)15-10-17(23(5)11-15)19(26)28-12-18(25)14-6-8-16(9-7-14)22-20(27)21(2,3)4/h6-11H,12H2,1-5H3,(H,22,27). The van der Waals surface area contributed by atoms with Gasteiger partial charge in [0.2, 0.25) is 5.91 Å². The van der Waals surface area contributed by atoms with E-state index in [1.165, 1.54) is 23.8 Å². The molecule has 2 rings (SSSR count). The number of anilines is 1. The summed E-state index contributed by atoms with van der Waals surface area (Å²) in [5, 5.41) is 2.77. The molecule has 0 saturated heterocycles. The molecule has 0 aliphatic carbocycles. The van der Waals surface area contributed by atoms with Crippen molar-refractivity contribution in [2.45, 2.75) is 27.7 Å². The maximum absolute atomic E-state index is 12.2. The number of hydrogen-bond acceptors (Lipinski definition) is 5. The largest absolute Gasteiger partial charge is 0.453 e. The summed E-state index contributed by atoms with van der Waals surface area (Å²) in [6, 6.07) is 7.79. The van der Waals surface area contributed by atoms with Gasteiger partial charge in [-0.2, -0.15) is 0 Å². The highest BCUT2D eigenvalue weighted by atomic mass is 16.5. The maximum atomic E-state index is 12.2. The molecule has 0 saturated carbocycles. The van der Waals surface area contributed by atoms with Gasteiger partial charge in [-0.1, -0.05) is 20.8 Å². The summed E-state index contributed by atoms with van der Waals surface area (Å²) in [6.45, 7) is 6.40. The molecule has 1 heterocycles. The molecule has 1 N–H and O–H groups in total. The Morgan fingerprint density at radius 1 is 1.04 bits per heavy atom. The first-order chi connectivity index (χ1) is 13.0. The van der Waals surface area contributed by atoms with E-state index in [9.17, 15) is 19.2 Å². The number of hydrogen-bond donors (Lipinski definition) is 1. The minimum Gasteiger partial charge on any atom is -0.453 e. The Bertz CT molecular complexity index is 917. The first-order valence-electron chi connectivity index (χ1n) is 8.78. The minimum absolute atomic E-state index is 0.131. The predicted molar refractivity (Wildman–Crippen MR) is 105 cm³/mol. The van der Waals surface area contributed by atoms with Crippen LogP contribution in [0.2, 0.25) is 0 Å². The number of aromatic nitrogens is 1. The summed E-state index contributed by atoms with van der Waals surface area (Å²) in [4.78, 5) is 47.8. The summed E-state index contributed by atoms with van der Waals surface area (Å²) >= 11 is 0. The van der Waals surface area contributed by atoms with Crippen molar-refractivity contribution in [1.29, 1.82) is 0 Å². The highest BCUT2D eigenvalue weighted by Crippen LogP contribution is 2.18. The molecule has 0 fully saturated rings. The fraction of sp³-hybridized carbons (Fsp3) is 0.333. The molecule has 0 atom stereocenters. The highest BCUT2D eigenvalue weighted by molar-refractivity contribution is 6.01. The van der Waals surface area contributed by atoms with Gasteiger partial charge < -0.3 is 14.6 Å². The van der Waals surface area contributed by atoms with Crippen LogP contribution < -0.4 is 5.32 Å². The van der Waals surface area contributed by atoms with Crippen LogP contribution in [0.15, 0.2) is 36.5 Å². The molecule has 1 aromatic carbocycles. The van der Waals surface area contributed by atoms with Crippen molar-refractivity contribution >= 4 is 29.1 Å². The van der Waals surface area contributed by atoms with Gasteiger partial charge >= 0.3 is 5.97 Å². The van der Waals surface area contributed by atoms with Crippen LogP contribution in [0, 0.1) is 5.41 Å². The third kappa shape index (κ3) is 5.16. The summed E-state index contributed by atoms with van der Waals surface area (Å²) in [6.07, 6.45) is 1.53.